The van der Waals surface area contributed by atoms with Gasteiger partial charge in [-0.2, -0.15) is 0 Å². The first-order valence-electron chi connectivity index (χ1n) is 8.59. The Balaban J connectivity index is 1.64. The van der Waals surface area contributed by atoms with Crippen LogP contribution in [0.15, 0.2) is 48.5 Å². The molecule has 25 heavy (non-hydrogen) atoms. The van der Waals surface area contributed by atoms with Crippen LogP contribution in [0.3, 0.4) is 0 Å². The summed E-state index contributed by atoms with van der Waals surface area (Å²) in [5, 5.41) is 13.2. The number of hydrogen-bond acceptors (Lipinski definition) is 3. The van der Waals surface area contributed by atoms with Crippen LogP contribution in [0.5, 0.6) is 5.75 Å². The van der Waals surface area contributed by atoms with E-state index in [9.17, 15) is 14.3 Å². The number of nitrogens with one attached hydrogen (secondary N) is 1. The van der Waals surface area contributed by atoms with Gasteiger partial charge in [0, 0.05) is 6.04 Å². The zero-order valence-corrected chi connectivity index (χ0v) is 14.0. The Morgan fingerprint density at radius 2 is 1.84 bits per heavy atom. The molecule has 1 atom stereocenters. The largest absolute Gasteiger partial charge is 0.490 e. The maximum absolute atomic E-state index is 13.0. The van der Waals surface area contributed by atoms with Gasteiger partial charge in [-0.3, -0.25) is 4.79 Å². The van der Waals surface area contributed by atoms with Crippen LogP contribution < -0.4 is 10.1 Å². The van der Waals surface area contributed by atoms with Crippen LogP contribution in [0.25, 0.3) is 0 Å². The third-order valence-corrected chi connectivity index (χ3v) is 4.47. The van der Waals surface area contributed by atoms with Crippen molar-refractivity contribution < 1.29 is 19.0 Å². The lowest BCUT2D eigenvalue weighted by Gasteiger charge is -2.17. The summed E-state index contributed by atoms with van der Waals surface area (Å²) in [7, 11) is 0. The molecule has 1 saturated carbocycles. The quantitative estimate of drug-likeness (QED) is 0.842. The van der Waals surface area contributed by atoms with Crippen molar-refractivity contribution >= 4 is 5.91 Å². The van der Waals surface area contributed by atoms with E-state index in [0.717, 1.165) is 25.7 Å². The van der Waals surface area contributed by atoms with Crippen molar-refractivity contribution in [3.05, 3.63) is 65.5 Å². The molecule has 1 unspecified atom stereocenters. The van der Waals surface area contributed by atoms with E-state index in [1.165, 1.54) is 24.3 Å². The first-order valence-corrected chi connectivity index (χ1v) is 8.59. The normalized spacial score (nSPS) is 15.8. The Kier molecular flexibility index (Phi) is 5.66. The second kappa shape index (κ2) is 8.12. The third-order valence-electron chi connectivity index (χ3n) is 4.47. The van der Waals surface area contributed by atoms with E-state index in [-0.39, 0.29) is 24.4 Å². The van der Waals surface area contributed by atoms with Crippen LogP contribution in [0.1, 0.15) is 47.7 Å². The summed E-state index contributed by atoms with van der Waals surface area (Å²) in [4.78, 5) is 12.5. The van der Waals surface area contributed by atoms with Gasteiger partial charge in [0.1, 0.15) is 24.3 Å². The number of para-hydroxylation sites is 1. The number of halogens is 1. The fraction of sp³-hybridized carbons (Fsp3) is 0.350. The molecule has 1 fully saturated rings. The predicted octanol–water partition coefficient (Wildman–Crippen LogP) is 3.61. The zero-order valence-electron chi connectivity index (χ0n) is 14.0. The summed E-state index contributed by atoms with van der Waals surface area (Å²) < 4.78 is 18.6. The molecule has 0 aliphatic heterocycles. The summed E-state index contributed by atoms with van der Waals surface area (Å²) >= 11 is 0. The van der Waals surface area contributed by atoms with Crippen molar-refractivity contribution in [2.45, 2.75) is 37.8 Å². The lowest BCUT2D eigenvalue weighted by atomic mass is 10.1. The zero-order chi connectivity index (χ0) is 17.6. The van der Waals surface area contributed by atoms with Crippen molar-refractivity contribution in [3.8, 4) is 5.75 Å². The lowest BCUT2D eigenvalue weighted by Crippen LogP contribution is -2.32. The number of ether oxygens (including phenoxy) is 1. The number of carbonyl (C=O) groups is 1. The fourth-order valence-corrected chi connectivity index (χ4v) is 3.06. The number of carbonyl (C=O) groups excluding carboxylic acids is 1. The molecule has 3 rings (SSSR count). The molecule has 1 amide bonds. The lowest BCUT2D eigenvalue weighted by molar-refractivity contribution is 0.0913. The Hall–Kier alpha value is -2.40. The summed E-state index contributed by atoms with van der Waals surface area (Å²) in [6.07, 6.45) is 3.42. The first-order chi connectivity index (χ1) is 12.1. The van der Waals surface area contributed by atoms with Crippen molar-refractivity contribution in [1.82, 2.24) is 5.32 Å². The summed E-state index contributed by atoms with van der Waals surface area (Å²) in [6.45, 7) is -0.0145. The molecule has 0 spiro atoms. The number of benzene rings is 2. The van der Waals surface area contributed by atoms with Gasteiger partial charge in [0.15, 0.2) is 0 Å². The van der Waals surface area contributed by atoms with Crippen molar-refractivity contribution in [3.63, 3.8) is 0 Å². The van der Waals surface area contributed by atoms with Gasteiger partial charge in [0.2, 0.25) is 0 Å². The van der Waals surface area contributed by atoms with Crippen LogP contribution in [0.2, 0.25) is 0 Å². The number of hydrogen-bond donors (Lipinski definition) is 2. The van der Waals surface area contributed by atoms with Gasteiger partial charge in [-0.05, 0) is 42.7 Å². The smallest absolute Gasteiger partial charge is 0.255 e. The minimum atomic E-state index is -0.897. The van der Waals surface area contributed by atoms with Gasteiger partial charge < -0.3 is 15.2 Å². The minimum Gasteiger partial charge on any atom is -0.490 e. The molecule has 2 N–H and O–H groups in total. The van der Waals surface area contributed by atoms with Crippen LogP contribution in [-0.2, 0) is 0 Å². The summed E-state index contributed by atoms with van der Waals surface area (Å²) in [6, 6.07) is 12.8. The van der Waals surface area contributed by atoms with Crippen molar-refractivity contribution in [2.24, 2.45) is 0 Å². The molecular weight excluding hydrogens is 321 g/mol. The van der Waals surface area contributed by atoms with Gasteiger partial charge >= 0.3 is 0 Å². The molecule has 0 radical (unpaired) electrons. The maximum atomic E-state index is 13.0. The van der Waals surface area contributed by atoms with Crippen molar-refractivity contribution in [2.75, 3.05) is 6.61 Å². The van der Waals surface area contributed by atoms with Crippen LogP contribution in [0.4, 0.5) is 4.39 Å². The Morgan fingerprint density at radius 3 is 2.56 bits per heavy atom. The van der Waals surface area contributed by atoms with Crippen molar-refractivity contribution in [1.29, 1.82) is 0 Å². The van der Waals surface area contributed by atoms with E-state index in [1.54, 1.807) is 24.3 Å². The number of amides is 1. The summed E-state index contributed by atoms with van der Waals surface area (Å²) in [5.41, 5.74) is 1.02. The Morgan fingerprint density at radius 1 is 1.16 bits per heavy atom. The minimum absolute atomic E-state index is 0.0145. The molecule has 1 aliphatic rings. The van der Waals surface area contributed by atoms with E-state index >= 15 is 0 Å². The van der Waals surface area contributed by atoms with E-state index in [4.69, 9.17) is 4.74 Å². The highest BCUT2D eigenvalue weighted by atomic mass is 19.1. The average molecular weight is 343 g/mol. The Bertz CT molecular complexity index is 711. The topological polar surface area (TPSA) is 58.6 Å². The molecule has 0 saturated heterocycles. The van der Waals surface area contributed by atoms with E-state index in [2.05, 4.69) is 5.32 Å². The second-order valence-corrected chi connectivity index (χ2v) is 6.33. The fourth-order valence-electron chi connectivity index (χ4n) is 3.06. The van der Waals surface area contributed by atoms with E-state index in [1.807, 2.05) is 0 Å². The molecule has 2 aromatic rings. The highest BCUT2D eigenvalue weighted by Crippen LogP contribution is 2.23. The molecule has 1 aliphatic carbocycles. The number of aliphatic hydroxyl groups is 1. The highest BCUT2D eigenvalue weighted by Gasteiger charge is 2.20. The van der Waals surface area contributed by atoms with E-state index in [0.29, 0.717) is 16.9 Å². The molecule has 132 valence electrons. The van der Waals surface area contributed by atoms with Gasteiger partial charge in [-0.15, -0.1) is 0 Å². The summed E-state index contributed by atoms with van der Waals surface area (Å²) in [5.74, 6) is -0.0799. The molecular formula is C20H22FNO3. The van der Waals surface area contributed by atoms with Gasteiger partial charge in [-0.25, -0.2) is 4.39 Å². The van der Waals surface area contributed by atoms with Gasteiger partial charge in [0.25, 0.3) is 5.91 Å². The maximum Gasteiger partial charge on any atom is 0.255 e. The van der Waals surface area contributed by atoms with E-state index < -0.39 is 6.10 Å². The van der Waals surface area contributed by atoms with Crippen LogP contribution >= 0.6 is 0 Å². The monoisotopic (exact) mass is 343 g/mol. The molecule has 4 nitrogen and oxygen atoms in total. The number of rotatable bonds is 6. The number of aliphatic hydroxyl groups excluding tert-OH is 1. The molecule has 5 heteroatoms. The highest BCUT2D eigenvalue weighted by molar-refractivity contribution is 5.97. The first kappa shape index (κ1) is 17.4. The SMILES string of the molecule is O=C(NC1CCCC1)c1ccccc1OCC(O)c1ccc(F)cc1. The standard InChI is InChI=1S/C20H22FNO3/c21-15-11-9-14(10-12-15)18(23)13-25-19-8-4-3-7-17(19)20(24)22-16-5-1-2-6-16/h3-4,7-12,16,18,23H,1-2,5-6,13H2,(H,22,24). The predicted molar refractivity (Wildman–Crippen MR) is 93.0 cm³/mol. The van der Waals surface area contributed by atoms with Gasteiger partial charge in [0.05, 0.1) is 5.56 Å². The molecule has 0 heterocycles. The Labute approximate surface area is 146 Å². The second-order valence-electron chi connectivity index (χ2n) is 6.33. The van der Waals surface area contributed by atoms with Crippen LogP contribution in [-0.4, -0.2) is 23.7 Å². The molecule has 0 bridgehead atoms. The molecule has 0 aromatic heterocycles. The van der Waals surface area contributed by atoms with Crippen LogP contribution in [0, 0.1) is 5.82 Å². The average Bonchev–Trinajstić information content (AvgIpc) is 3.13. The third kappa shape index (κ3) is 4.57. The molecule has 2 aromatic carbocycles. The van der Waals surface area contributed by atoms with Gasteiger partial charge in [-0.1, -0.05) is 37.1 Å².